The molecule has 0 atom stereocenters. The summed E-state index contributed by atoms with van der Waals surface area (Å²) in [5.41, 5.74) is 2.36. The first-order valence-corrected chi connectivity index (χ1v) is 6.82. The zero-order valence-corrected chi connectivity index (χ0v) is 12.6. The molecule has 1 amide bonds. The lowest BCUT2D eigenvalue weighted by molar-refractivity contribution is -0.131. The molecular formula is C14H16BrN3O. The molecule has 0 aliphatic rings. The Balaban J connectivity index is 1.98. The zero-order chi connectivity index (χ0) is 13.8. The van der Waals surface area contributed by atoms with Gasteiger partial charge in [0.2, 0.25) is 5.91 Å². The summed E-state index contributed by atoms with van der Waals surface area (Å²) in [5.74, 6) is 0.0406. The number of aromatic nitrogens is 2. The van der Waals surface area contributed by atoms with Crippen LogP contribution in [0, 0.1) is 6.92 Å². The van der Waals surface area contributed by atoms with Crippen LogP contribution in [0.5, 0.6) is 0 Å². The third-order valence-corrected chi connectivity index (χ3v) is 3.40. The number of halogens is 1. The number of hydrogen-bond donors (Lipinski definition) is 0. The fourth-order valence-electron chi connectivity index (χ4n) is 1.82. The van der Waals surface area contributed by atoms with Crippen LogP contribution in [0.4, 0.5) is 0 Å². The number of hydrogen-bond acceptors (Lipinski definition) is 2. The van der Waals surface area contributed by atoms with E-state index in [0.717, 1.165) is 4.47 Å². The van der Waals surface area contributed by atoms with E-state index in [4.69, 9.17) is 0 Å². The van der Waals surface area contributed by atoms with Gasteiger partial charge in [-0.15, -0.1) is 0 Å². The monoisotopic (exact) mass is 321 g/mol. The average Bonchev–Trinajstić information content (AvgIpc) is 2.77. The molecule has 0 N–H and O–H groups in total. The molecule has 1 heterocycles. The van der Waals surface area contributed by atoms with E-state index in [0.29, 0.717) is 6.54 Å². The molecule has 0 spiro atoms. The lowest BCUT2D eigenvalue weighted by Gasteiger charge is -2.18. The van der Waals surface area contributed by atoms with Gasteiger partial charge in [-0.2, -0.15) is 5.10 Å². The summed E-state index contributed by atoms with van der Waals surface area (Å²) < 4.78 is 2.50. The molecule has 1 aromatic carbocycles. The van der Waals surface area contributed by atoms with E-state index in [-0.39, 0.29) is 12.5 Å². The summed E-state index contributed by atoms with van der Waals surface area (Å²) in [6.07, 6.45) is 3.47. The van der Waals surface area contributed by atoms with Gasteiger partial charge >= 0.3 is 0 Å². The van der Waals surface area contributed by atoms with Crippen molar-refractivity contribution >= 4 is 21.8 Å². The Bertz CT molecular complexity index is 580. The minimum atomic E-state index is 0.0406. The average molecular weight is 322 g/mol. The lowest BCUT2D eigenvalue weighted by Crippen LogP contribution is -2.30. The number of nitrogens with zero attached hydrogens (tertiary/aromatic N) is 3. The predicted molar refractivity (Wildman–Crippen MR) is 77.6 cm³/mol. The molecule has 0 bridgehead atoms. The number of rotatable bonds is 4. The van der Waals surface area contributed by atoms with Crippen molar-refractivity contribution in [1.82, 2.24) is 14.7 Å². The minimum absolute atomic E-state index is 0.0406. The topological polar surface area (TPSA) is 38.1 Å². The Morgan fingerprint density at radius 1 is 1.42 bits per heavy atom. The normalized spacial score (nSPS) is 10.5. The van der Waals surface area contributed by atoms with Crippen LogP contribution >= 0.6 is 15.9 Å². The van der Waals surface area contributed by atoms with Gasteiger partial charge in [0.15, 0.2) is 0 Å². The molecule has 1 aromatic heterocycles. The molecule has 0 fully saturated rings. The maximum atomic E-state index is 12.1. The number of aryl methyl sites for hydroxylation is 1. The predicted octanol–water partition coefficient (Wildman–Crippen LogP) is 2.61. The van der Waals surface area contributed by atoms with Crippen molar-refractivity contribution in [1.29, 1.82) is 0 Å². The SMILES string of the molecule is Cc1ccccc1CN(C)C(=O)Cn1cc(Br)cn1. The summed E-state index contributed by atoms with van der Waals surface area (Å²) in [6.45, 7) is 2.93. The molecule has 19 heavy (non-hydrogen) atoms. The molecule has 4 nitrogen and oxygen atoms in total. The highest BCUT2D eigenvalue weighted by Gasteiger charge is 2.11. The third-order valence-electron chi connectivity index (χ3n) is 2.99. The van der Waals surface area contributed by atoms with Crippen molar-refractivity contribution in [3.63, 3.8) is 0 Å². The van der Waals surface area contributed by atoms with E-state index in [2.05, 4.69) is 34.0 Å². The van der Waals surface area contributed by atoms with Gasteiger partial charge in [-0.25, -0.2) is 0 Å². The van der Waals surface area contributed by atoms with Crippen molar-refractivity contribution in [2.75, 3.05) is 7.05 Å². The van der Waals surface area contributed by atoms with Crippen LogP contribution in [-0.4, -0.2) is 27.6 Å². The quantitative estimate of drug-likeness (QED) is 0.868. The summed E-state index contributed by atoms with van der Waals surface area (Å²) in [6, 6.07) is 8.09. The van der Waals surface area contributed by atoms with Crippen LogP contribution in [0.3, 0.4) is 0 Å². The van der Waals surface area contributed by atoms with E-state index in [1.807, 2.05) is 25.2 Å². The Morgan fingerprint density at radius 3 is 2.79 bits per heavy atom. The first-order valence-electron chi connectivity index (χ1n) is 6.02. The van der Waals surface area contributed by atoms with Crippen molar-refractivity contribution in [2.45, 2.75) is 20.0 Å². The standard InChI is InChI=1S/C14H16BrN3O/c1-11-5-3-4-6-12(11)8-17(2)14(19)10-18-9-13(15)7-16-18/h3-7,9H,8,10H2,1-2H3. The molecule has 0 aliphatic heterocycles. The van der Waals surface area contributed by atoms with E-state index >= 15 is 0 Å². The molecule has 2 aromatic rings. The summed E-state index contributed by atoms with van der Waals surface area (Å²) in [4.78, 5) is 13.8. The van der Waals surface area contributed by atoms with E-state index in [1.165, 1.54) is 11.1 Å². The Kier molecular flexibility index (Phi) is 4.37. The van der Waals surface area contributed by atoms with Gasteiger partial charge in [0.1, 0.15) is 6.54 Å². The van der Waals surface area contributed by atoms with Crippen LogP contribution < -0.4 is 0 Å². The second kappa shape index (κ2) is 6.02. The lowest BCUT2D eigenvalue weighted by atomic mass is 10.1. The third kappa shape index (κ3) is 3.67. The fraction of sp³-hybridized carbons (Fsp3) is 0.286. The molecule has 5 heteroatoms. The summed E-state index contributed by atoms with van der Waals surface area (Å²) in [7, 11) is 1.81. The highest BCUT2D eigenvalue weighted by Crippen LogP contribution is 2.10. The fourth-order valence-corrected chi connectivity index (χ4v) is 2.14. The second-order valence-corrected chi connectivity index (χ2v) is 5.45. The number of carbonyl (C=O) groups is 1. The molecule has 0 aliphatic carbocycles. The first kappa shape index (κ1) is 13.8. The highest BCUT2D eigenvalue weighted by molar-refractivity contribution is 9.10. The van der Waals surface area contributed by atoms with E-state index < -0.39 is 0 Å². The number of carbonyl (C=O) groups excluding carboxylic acids is 1. The summed E-state index contributed by atoms with van der Waals surface area (Å²) >= 11 is 3.31. The van der Waals surface area contributed by atoms with E-state index in [1.54, 1.807) is 22.0 Å². The van der Waals surface area contributed by atoms with Crippen molar-refractivity contribution in [3.05, 3.63) is 52.3 Å². The van der Waals surface area contributed by atoms with Crippen LogP contribution in [-0.2, 0) is 17.9 Å². The van der Waals surface area contributed by atoms with Crippen molar-refractivity contribution in [3.8, 4) is 0 Å². The minimum Gasteiger partial charge on any atom is -0.340 e. The zero-order valence-electron chi connectivity index (χ0n) is 11.0. The largest absolute Gasteiger partial charge is 0.340 e. The molecule has 0 saturated carbocycles. The first-order chi connectivity index (χ1) is 9.06. The molecule has 100 valence electrons. The van der Waals surface area contributed by atoms with Gasteiger partial charge in [0.05, 0.1) is 10.7 Å². The maximum Gasteiger partial charge on any atom is 0.244 e. The van der Waals surface area contributed by atoms with E-state index in [9.17, 15) is 4.79 Å². The Hall–Kier alpha value is -1.62. The molecule has 0 radical (unpaired) electrons. The maximum absolute atomic E-state index is 12.1. The van der Waals surface area contributed by atoms with Crippen LogP contribution in [0.2, 0.25) is 0 Å². The summed E-state index contributed by atoms with van der Waals surface area (Å²) in [5, 5.41) is 4.09. The second-order valence-electron chi connectivity index (χ2n) is 4.53. The van der Waals surface area contributed by atoms with Crippen LogP contribution in [0.1, 0.15) is 11.1 Å². The van der Waals surface area contributed by atoms with Gasteiger partial charge in [-0.05, 0) is 34.0 Å². The van der Waals surface area contributed by atoms with Gasteiger partial charge < -0.3 is 4.90 Å². The van der Waals surface area contributed by atoms with Crippen molar-refractivity contribution in [2.24, 2.45) is 0 Å². The molecular weight excluding hydrogens is 306 g/mol. The van der Waals surface area contributed by atoms with Gasteiger partial charge in [0.25, 0.3) is 0 Å². The number of amides is 1. The molecule has 0 saturated heterocycles. The molecule has 0 unspecified atom stereocenters. The van der Waals surface area contributed by atoms with Gasteiger partial charge in [-0.1, -0.05) is 24.3 Å². The van der Waals surface area contributed by atoms with Crippen molar-refractivity contribution < 1.29 is 4.79 Å². The molecule has 2 rings (SSSR count). The number of likely N-dealkylation sites (N-methyl/N-ethyl adjacent to an activating group) is 1. The Morgan fingerprint density at radius 2 is 2.16 bits per heavy atom. The Labute approximate surface area is 121 Å². The van der Waals surface area contributed by atoms with Crippen LogP contribution in [0.15, 0.2) is 41.1 Å². The van der Waals surface area contributed by atoms with Gasteiger partial charge in [-0.3, -0.25) is 9.48 Å². The van der Waals surface area contributed by atoms with Crippen LogP contribution in [0.25, 0.3) is 0 Å². The smallest absolute Gasteiger partial charge is 0.244 e. The number of benzene rings is 1. The highest BCUT2D eigenvalue weighted by atomic mass is 79.9. The van der Waals surface area contributed by atoms with Gasteiger partial charge in [0, 0.05) is 19.8 Å².